The first kappa shape index (κ1) is 20.5. The van der Waals surface area contributed by atoms with E-state index in [4.69, 9.17) is 25.5 Å². The molecule has 11 nitrogen and oxygen atoms in total. The maximum absolute atomic E-state index is 10.8. The zero-order valence-electron chi connectivity index (χ0n) is 12.9. The molecule has 1 aromatic heterocycles. The molecule has 0 radical (unpaired) electrons. The van der Waals surface area contributed by atoms with E-state index in [0.717, 1.165) is 0 Å². The molecule has 0 saturated carbocycles. The van der Waals surface area contributed by atoms with E-state index < -0.39 is 26.4 Å². The first-order valence-electron chi connectivity index (χ1n) is 6.81. The number of nitrogens with two attached hydrogens (primary N) is 1. The summed E-state index contributed by atoms with van der Waals surface area (Å²) in [6.07, 6.45) is 1.40. The molecule has 1 rings (SSSR count). The van der Waals surface area contributed by atoms with E-state index in [0.29, 0.717) is 11.3 Å². The molecular formula is C12H20N3O8P. The molecule has 0 fully saturated rings. The van der Waals surface area contributed by atoms with Crippen LogP contribution >= 0.6 is 7.82 Å². The van der Waals surface area contributed by atoms with Crippen LogP contribution in [0, 0.1) is 6.92 Å². The monoisotopic (exact) mass is 365 g/mol. The lowest BCUT2D eigenvalue weighted by molar-refractivity contribution is -0.139. The molecule has 0 aliphatic carbocycles. The number of hydrogen-bond acceptors (Lipinski definition) is 8. The Morgan fingerprint density at radius 3 is 2.75 bits per heavy atom. The molecule has 0 aliphatic heterocycles. The number of phosphoric ester groups is 1. The molecule has 0 saturated heterocycles. The van der Waals surface area contributed by atoms with Crippen LogP contribution < -0.4 is 11.2 Å². The van der Waals surface area contributed by atoms with Crippen LogP contribution in [-0.4, -0.2) is 43.6 Å². The molecule has 0 aromatic carbocycles. The van der Waals surface area contributed by atoms with Gasteiger partial charge in [-0.05, 0) is 13.3 Å². The quantitative estimate of drug-likeness (QED) is 0.179. The second-order valence-corrected chi connectivity index (χ2v) is 6.10. The Balaban J connectivity index is 2.63. The van der Waals surface area contributed by atoms with Gasteiger partial charge in [0.1, 0.15) is 11.8 Å². The number of aromatic nitrogens is 1. The van der Waals surface area contributed by atoms with Crippen LogP contribution in [0.15, 0.2) is 6.20 Å². The van der Waals surface area contributed by atoms with E-state index in [1.54, 1.807) is 6.92 Å². The minimum atomic E-state index is -4.67. The third-order valence-electron chi connectivity index (χ3n) is 3.02. The summed E-state index contributed by atoms with van der Waals surface area (Å²) in [5.41, 5.74) is 8.70. The summed E-state index contributed by atoms with van der Waals surface area (Å²) in [6.45, 7) is 1.11. The number of carboxylic acid groups (broad SMARTS) is 1. The van der Waals surface area contributed by atoms with E-state index in [-0.39, 0.29) is 30.9 Å². The molecule has 0 amide bonds. The van der Waals surface area contributed by atoms with Gasteiger partial charge in [0.2, 0.25) is 0 Å². The SMILES string of the molecule is Cc1ncc(COP(=O)(O)O)c(CNOCC[C@H](N)C(=O)O)c1O. The van der Waals surface area contributed by atoms with Crippen LogP contribution in [-0.2, 0) is 31.9 Å². The molecule has 1 aromatic rings. The molecule has 0 unspecified atom stereocenters. The van der Waals surface area contributed by atoms with Crippen molar-refractivity contribution in [2.45, 2.75) is 32.5 Å². The van der Waals surface area contributed by atoms with Crippen molar-refractivity contribution < 1.29 is 38.7 Å². The fraction of sp³-hybridized carbons (Fsp3) is 0.500. The average molecular weight is 365 g/mol. The van der Waals surface area contributed by atoms with Crippen LogP contribution in [0.4, 0.5) is 0 Å². The van der Waals surface area contributed by atoms with Crippen molar-refractivity contribution in [2.75, 3.05) is 6.61 Å². The second kappa shape index (κ2) is 9.04. The maximum atomic E-state index is 10.8. The summed E-state index contributed by atoms with van der Waals surface area (Å²) in [7, 11) is -4.67. The number of nitrogens with one attached hydrogen (secondary N) is 1. The van der Waals surface area contributed by atoms with Gasteiger partial charge in [-0.2, -0.15) is 5.48 Å². The highest BCUT2D eigenvalue weighted by Gasteiger charge is 2.18. The first-order chi connectivity index (χ1) is 11.1. The minimum absolute atomic E-state index is 0.0165. The van der Waals surface area contributed by atoms with Gasteiger partial charge in [-0.3, -0.25) is 14.3 Å². The highest BCUT2D eigenvalue weighted by molar-refractivity contribution is 7.46. The van der Waals surface area contributed by atoms with E-state index in [1.807, 2.05) is 0 Å². The molecule has 0 spiro atoms. The Labute approximate surface area is 137 Å². The number of phosphoric acid groups is 1. The number of carboxylic acids is 1. The molecule has 0 aliphatic rings. The van der Waals surface area contributed by atoms with Gasteiger partial charge in [-0.25, -0.2) is 4.57 Å². The van der Waals surface area contributed by atoms with Gasteiger partial charge >= 0.3 is 13.8 Å². The molecule has 7 N–H and O–H groups in total. The van der Waals surface area contributed by atoms with Gasteiger partial charge in [0.25, 0.3) is 0 Å². The van der Waals surface area contributed by atoms with Gasteiger partial charge in [-0.15, -0.1) is 0 Å². The summed E-state index contributed by atoms with van der Waals surface area (Å²) < 4.78 is 15.2. The third-order valence-corrected chi connectivity index (χ3v) is 3.48. The largest absolute Gasteiger partial charge is 0.506 e. The molecule has 12 heteroatoms. The van der Waals surface area contributed by atoms with Crippen molar-refractivity contribution in [3.8, 4) is 5.75 Å². The fourth-order valence-corrected chi connectivity index (χ4v) is 1.97. The van der Waals surface area contributed by atoms with Crippen LogP contribution in [0.25, 0.3) is 0 Å². The summed E-state index contributed by atoms with van der Waals surface area (Å²) in [4.78, 5) is 37.0. The highest BCUT2D eigenvalue weighted by Crippen LogP contribution is 2.38. The Kier molecular flexibility index (Phi) is 7.70. The van der Waals surface area contributed by atoms with Gasteiger partial charge in [0.05, 0.1) is 25.5 Å². The molecule has 1 heterocycles. The predicted molar refractivity (Wildman–Crippen MR) is 80.5 cm³/mol. The van der Waals surface area contributed by atoms with Crippen LogP contribution in [0.3, 0.4) is 0 Å². The molecule has 136 valence electrons. The Bertz CT molecular complexity index is 621. The molecule has 1 atom stereocenters. The Hall–Kier alpha value is -1.59. The van der Waals surface area contributed by atoms with E-state index in [2.05, 4.69) is 15.0 Å². The minimum Gasteiger partial charge on any atom is -0.506 e. The lowest BCUT2D eigenvalue weighted by atomic mass is 10.1. The number of carbonyl (C=O) groups is 1. The zero-order valence-corrected chi connectivity index (χ0v) is 13.8. The van der Waals surface area contributed by atoms with Crippen molar-refractivity contribution in [3.05, 3.63) is 23.0 Å². The normalized spacial score (nSPS) is 13.0. The fourth-order valence-electron chi connectivity index (χ4n) is 1.66. The van der Waals surface area contributed by atoms with Gasteiger partial charge in [0, 0.05) is 17.3 Å². The standard InChI is InChI=1S/C12H20N3O8P/c1-7-11(16)9(5-15-22-3-2-10(13)12(17)18)8(4-14-7)6-23-24(19,20)21/h4,10,15-16H,2-3,5-6,13H2,1H3,(H,17,18)(H2,19,20,21)/t10-/m0/s1. The van der Waals surface area contributed by atoms with E-state index in [9.17, 15) is 14.5 Å². The van der Waals surface area contributed by atoms with E-state index in [1.165, 1.54) is 6.20 Å². The third kappa shape index (κ3) is 6.89. The topological polar surface area (TPSA) is 184 Å². The molecular weight excluding hydrogens is 345 g/mol. The average Bonchev–Trinajstić information content (AvgIpc) is 2.48. The summed E-state index contributed by atoms with van der Waals surface area (Å²) in [6, 6.07) is -1.05. The van der Waals surface area contributed by atoms with Crippen LogP contribution in [0.2, 0.25) is 0 Å². The zero-order chi connectivity index (χ0) is 18.3. The van der Waals surface area contributed by atoms with Gasteiger partial charge in [-0.1, -0.05) is 0 Å². The second-order valence-electron chi connectivity index (χ2n) is 4.86. The van der Waals surface area contributed by atoms with Crippen molar-refractivity contribution in [1.29, 1.82) is 0 Å². The number of aliphatic carboxylic acids is 1. The van der Waals surface area contributed by atoms with Crippen LogP contribution in [0.1, 0.15) is 23.2 Å². The number of hydrogen-bond donors (Lipinski definition) is 6. The number of nitrogens with zero attached hydrogens (tertiary/aromatic N) is 1. The first-order valence-corrected chi connectivity index (χ1v) is 8.34. The number of pyridine rings is 1. The molecule has 0 bridgehead atoms. The smallest absolute Gasteiger partial charge is 0.469 e. The Morgan fingerprint density at radius 2 is 2.17 bits per heavy atom. The maximum Gasteiger partial charge on any atom is 0.469 e. The van der Waals surface area contributed by atoms with Crippen molar-refractivity contribution in [1.82, 2.24) is 10.5 Å². The number of hydroxylamine groups is 1. The number of rotatable bonds is 10. The van der Waals surface area contributed by atoms with Gasteiger partial charge < -0.3 is 30.6 Å². The lowest BCUT2D eigenvalue weighted by Gasteiger charge is -2.14. The highest BCUT2D eigenvalue weighted by atomic mass is 31.2. The number of aryl methyl sites for hydroxylation is 1. The van der Waals surface area contributed by atoms with Gasteiger partial charge in [0.15, 0.2) is 0 Å². The van der Waals surface area contributed by atoms with Crippen molar-refractivity contribution in [3.63, 3.8) is 0 Å². The summed E-state index contributed by atoms with van der Waals surface area (Å²) in [5, 5.41) is 18.6. The molecule has 24 heavy (non-hydrogen) atoms. The predicted octanol–water partition coefficient (Wildman–Crippen LogP) is -0.472. The summed E-state index contributed by atoms with van der Waals surface area (Å²) in [5.74, 6) is -1.31. The van der Waals surface area contributed by atoms with E-state index >= 15 is 0 Å². The van der Waals surface area contributed by atoms with Crippen LogP contribution in [0.5, 0.6) is 5.75 Å². The lowest BCUT2D eigenvalue weighted by Crippen LogP contribution is -2.32. The van der Waals surface area contributed by atoms with Crippen molar-refractivity contribution >= 4 is 13.8 Å². The number of aromatic hydroxyl groups is 1. The summed E-state index contributed by atoms with van der Waals surface area (Å²) >= 11 is 0. The van der Waals surface area contributed by atoms with Crippen molar-refractivity contribution in [2.24, 2.45) is 5.73 Å². The Morgan fingerprint density at radius 1 is 1.50 bits per heavy atom.